The third kappa shape index (κ3) is 2.40. The van der Waals surface area contributed by atoms with Crippen LogP contribution in [0.2, 0.25) is 5.02 Å². The average Bonchev–Trinajstić information content (AvgIpc) is 2.48. The maximum absolute atomic E-state index is 9.17. The minimum absolute atomic E-state index is 0.151. The van der Waals surface area contributed by atoms with Crippen LogP contribution in [-0.2, 0) is 6.42 Å². The summed E-state index contributed by atoms with van der Waals surface area (Å²) in [6, 6.07) is 15.8. The summed E-state index contributed by atoms with van der Waals surface area (Å²) in [5.41, 5.74) is 3.13. The van der Waals surface area contributed by atoms with Crippen LogP contribution >= 0.6 is 11.6 Å². The first-order valence-electron chi connectivity index (χ1n) is 6.53. The normalized spacial score (nSPS) is 10.9. The number of benzene rings is 2. The summed E-state index contributed by atoms with van der Waals surface area (Å²) in [6.07, 6.45) is 2.47. The Morgan fingerprint density at radius 2 is 1.75 bits per heavy atom. The van der Waals surface area contributed by atoms with E-state index in [-0.39, 0.29) is 6.61 Å². The molecule has 0 spiro atoms. The second kappa shape index (κ2) is 5.61. The van der Waals surface area contributed by atoms with Crippen molar-refractivity contribution < 1.29 is 5.11 Å². The Labute approximate surface area is 122 Å². The number of hydrogen-bond donors (Lipinski definition) is 1. The average molecular weight is 284 g/mol. The molecule has 0 aliphatic rings. The molecule has 1 aromatic heterocycles. The van der Waals surface area contributed by atoms with Crippen molar-refractivity contribution >= 4 is 22.4 Å². The van der Waals surface area contributed by atoms with Crippen LogP contribution in [0.3, 0.4) is 0 Å². The number of halogens is 1. The number of pyridine rings is 1. The summed E-state index contributed by atoms with van der Waals surface area (Å²) in [4.78, 5) is 4.50. The highest BCUT2D eigenvalue weighted by Gasteiger charge is 2.07. The zero-order valence-electron chi connectivity index (χ0n) is 10.9. The van der Waals surface area contributed by atoms with Gasteiger partial charge in [0.05, 0.1) is 5.69 Å². The lowest BCUT2D eigenvalue weighted by Gasteiger charge is -2.09. The maximum atomic E-state index is 9.17. The molecule has 3 heteroatoms. The number of nitrogens with zero attached hydrogens (tertiary/aromatic N) is 1. The van der Waals surface area contributed by atoms with Crippen molar-refractivity contribution in [2.45, 2.75) is 6.42 Å². The molecule has 0 unspecified atom stereocenters. The molecular formula is C17H14ClNO. The first-order valence-corrected chi connectivity index (χ1v) is 6.91. The number of rotatable bonds is 3. The van der Waals surface area contributed by atoms with Gasteiger partial charge in [0.15, 0.2) is 0 Å². The van der Waals surface area contributed by atoms with Gasteiger partial charge in [-0.25, -0.2) is 0 Å². The number of aromatic nitrogens is 1. The van der Waals surface area contributed by atoms with Gasteiger partial charge in [-0.3, -0.25) is 4.98 Å². The van der Waals surface area contributed by atoms with E-state index in [0.717, 1.165) is 32.6 Å². The molecule has 1 N–H and O–H groups in total. The van der Waals surface area contributed by atoms with Gasteiger partial charge < -0.3 is 5.11 Å². The molecular weight excluding hydrogens is 270 g/mol. The van der Waals surface area contributed by atoms with E-state index < -0.39 is 0 Å². The molecule has 0 amide bonds. The van der Waals surface area contributed by atoms with Crippen LogP contribution in [0, 0.1) is 0 Å². The van der Waals surface area contributed by atoms with Gasteiger partial charge in [-0.15, -0.1) is 0 Å². The summed E-state index contributed by atoms with van der Waals surface area (Å²) >= 11 is 5.94. The zero-order chi connectivity index (χ0) is 13.9. The van der Waals surface area contributed by atoms with Crippen molar-refractivity contribution in [1.82, 2.24) is 4.98 Å². The fourth-order valence-electron chi connectivity index (χ4n) is 2.45. The van der Waals surface area contributed by atoms with Crippen LogP contribution in [0.15, 0.2) is 54.7 Å². The van der Waals surface area contributed by atoms with E-state index >= 15 is 0 Å². The Kier molecular flexibility index (Phi) is 3.68. The Morgan fingerprint density at radius 1 is 0.950 bits per heavy atom. The van der Waals surface area contributed by atoms with Crippen molar-refractivity contribution in [3.05, 3.63) is 65.3 Å². The van der Waals surface area contributed by atoms with Gasteiger partial charge >= 0.3 is 0 Å². The van der Waals surface area contributed by atoms with E-state index in [0.29, 0.717) is 6.42 Å². The Balaban J connectivity index is 2.21. The number of fused-ring (bicyclic) bond motifs is 1. The molecule has 0 bridgehead atoms. The Morgan fingerprint density at radius 3 is 2.50 bits per heavy atom. The number of aliphatic hydroxyl groups is 1. The van der Waals surface area contributed by atoms with Crippen molar-refractivity contribution in [3.63, 3.8) is 0 Å². The third-order valence-electron chi connectivity index (χ3n) is 3.40. The maximum Gasteiger partial charge on any atom is 0.0780 e. The Hall–Kier alpha value is -1.90. The predicted octanol–water partition coefficient (Wildman–Crippen LogP) is 4.09. The largest absolute Gasteiger partial charge is 0.396 e. The molecule has 1 heterocycles. The third-order valence-corrected chi connectivity index (χ3v) is 3.65. The van der Waals surface area contributed by atoms with Gasteiger partial charge in [-0.2, -0.15) is 0 Å². The molecule has 3 aromatic rings. The molecule has 2 aromatic carbocycles. The lowest BCUT2D eigenvalue weighted by molar-refractivity contribution is 0.300. The minimum atomic E-state index is 0.151. The molecule has 20 heavy (non-hydrogen) atoms. The highest BCUT2D eigenvalue weighted by Crippen LogP contribution is 2.29. The summed E-state index contributed by atoms with van der Waals surface area (Å²) in [6.45, 7) is 0.151. The second-order valence-electron chi connectivity index (χ2n) is 4.65. The van der Waals surface area contributed by atoms with Gasteiger partial charge in [0.25, 0.3) is 0 Å². The minimum Gasteiger partial charge on any atom is -0.396 e. The predicted molar refractivity (Wildman–Crippen MR) is 83.0 cm³/mol. The molecule has 2 nitrogen and oxygen atoms in total. The molecule has 0 fully saturated rings. The lowest BCUT2D eigenvalue weighted by Crippen LogP contribution is -1.94. The van der Waals surface area contributed by atoms with Gasteiger partial charge in [-0.05, 0) is 35.6 Å². The highest BCUT2D eigenvalue weighted by atomic mass is 35.5. The molecule has 0 atom stereocenters. The van der Waals surface area contributed by atoms with Crippen LogP contribution in [0.5, 0.6) is 0 Å². The fraction of sp³-hybridized carbons (Fsp3) is 0.118. The fourth-order valence-corrected chi connectivity index (χ4v) is 2.57. The van der Waals surface area contributed by atoms with Gasteiger partial charge in [0, 0.05) is 28.8 Å². The molecule has 0 aliphatic carbocycles. The first kappa shape index (κ1) is 13.1. The Bertz CT molecular complexity index is 738. The smallest absolute Gasteiger partial charge is 0.0780 e. The number of aliphatic hydroxyl groups excluding tert-OH is 1. The van der Waals surface area contributed by atoms with Gasteiger partial charge in [-0.1, -0.05) is 41.9 Å². The van der Waals surface area contributed by atoms with E-state index in [2.05, 4.69) is 11.1 Å². The lowest BCUT2D eigenvalue weighted by atomic mass is 9.99. The van der Waals surface area contributed by atoms with Gasteiger partial charge in [0.2, 0.25) is 0 Å². The van der Waals surface area contributed by atoms with E-state index in [1.54, 1.807) is 0 Å². The standard InChI is InChI=1S/C17H14ClNO/c18-14-6-4-13(5-7-14)17-16-3-1-2-12(9-11-20)15(16)8-10-19-17/h1-8,10,20H,9,11H2. The molecule has 100 valence electrons. The molecule has 3 rings (SSSR count). The monoisotopic (exact) mass is 283 g/mol. The molecule has 0 saturated carbocycles. The van der Waals surface area contributed by atoms with Crippen molar-refractivity contribution in [3.8, 4) is 11.3 Å². The van der Waals surface area contributed by atoms with E-state index in [4.69, 9.17) is 16.7 Å². The quantitative estimate of drug-likeness (QED) is 0.785. The van der Waals surface area contributed by atoms with Crippen molar-refractivity contribution in [1.29, 1.82) is 0 Å². The molecule has 0 saturated heterocycles. The SMILES string of the molecule is OCCc1cccc2c(-c3ccc(Cl)cc3)nccc12. The van der Waals surface area contributed by atoms with Crippen molar-refractivity contribution in [2.75, 3.05) is 6.61 Å². The second-order valence-corrected chi connectivity index (χ2v) is 5.09. The summed E-state index contributed by atoms with van der Waals surface area (Å²) in [5, 5.41) is 12.1. The van der Waals surface area contributed by atoms with Crippen molar-refractivity contribution in [2.24, 2.45) is 0 Å². The highest BCUT2D eigenvalue weighted by molar-refractivity contribution is 6.30. The topological polar surface area (TPSA) is 33.1 Å². The summed E-state index contributed by atoms with van der Waals surface area (Å²) in [5.74, 6) is 0. The summed E-state index contributed by atoms with van der Waals surface area (Å²) < 4.78 is 0. The summed E-state index contributed by atoms with van der Waals surface area (Å²) in [7, 11) is 0. The van der Waals surface area contributed by atoms with E-state index in [1.165, 1.54) is 0 Å². The van der Waals surface area contributed by atoms with Crippen LogP contribution in [-0.4, -0.2) is 16.7 Å². The van der Waals surface area contributed by atoms with Crippen LogP contribution < -0.4 is 0 Å². The zero-order valence-corrected chi connectivity index (χ0v) is 11.6. The number of hydrogen-bond acceptors (Lipinski definition) is 2. The van der Waals surface area contributed by atoms with Crippen LogP contribution in [0.1, 0.15) is 5.56 Å². The van der Waals surface area contributed by atoms with E-state index in [1.807, 2.05) is 48.7 Å². The first-order chi connectivity index (χ1) is 9.79. The van der Waals surface area contributed by atoms with Crippen LogP contribution in [0.4, 0.5) is 0 Å². The van der Waals surface area contributed by atoms with E-state index in [9.17, 15) is 0 Å². The van der Waals surface area contributed by atoms with Gasteiger partial charge in [0.1, 0.15) is 0 Å². The molecule has 0 aliphatic heterocycles. The molecule has 0 radical (unpaired) electrons. The van der Waals surface area contributed by atoms with Crippen LogP contribution in [0.25, 0.3) is 22.0 Å².